The van der Waals surface area contributed by atoms with E-state index in [9.17, 15) is 4.79 Å². The first-order valence-corrected chi connectivity index (χ1v) is 7.83. The number of ketones is 1. The van der Waals surface area contributed by atoms with Crippen molar-refractivity contribution in [1.29, 1.82) is 0 Å². The van der Waals surface area contributed by atoms with Gasteiger partial charge in [0, 0.05) is 5.69 Å². The summed E-state index contributed by atoms with van der Waals surface area (Å²) in [6, 6.07) is 11.7. The molecule has 22 heavy (non-hydrogen) atoms. The number of nitrogens with zero attached hydrogens (tertiary/aromatic N) is 3. The van der Waals surface area contributed by atoms with Crippen LogP contribution in [0.5, 0.6) is 0 Å². The third-order valence-electron chi connectivity index (χ3n) is 3.15. The zero-order valence-electron chi connectivity index (χ0n) is 12.3. The second-order valence-electron chi connectivity index (χ2n) is 4.86. The molecule has 2 aromatic heterocycles. The van der Waals surface area contributed by atoms with Crippen molar-refractivity contribution in [2.45, 2.75) is 19.0 Å². The lowest BCUT2D eigenvalue weighted by Crippen LogP contribution is -2.01. The lowest BCUT2D eigenvalue weighted by atomic mass is 10.2. The average Bonchev–Trinajstić information content (AvgIpc) is 3.11. The van der Waals surface area contributed by atoms with E-state index < -0.39 is 0 Å². The molecule has 0 aliphatic carbocycles. The van der Waals surface area contributed by atoms with Gasteiger partial charge in [0.2, 0.25) is 0 Å². The van der Waals surface area contributed by atoms with Crippen LogP contribution in [0.3, 0.4) is 0 Å². The van der Waals surface area contributed by atoms with Crippen molar-refractivity contribution in [1.82, 2.24) is 14.8 Å². The van der Waals surface area contributed by atoms with Gasteiger partial charge in [-0.2, -0.15) is 0 Å². The van der Waals surface area contributed by atoms with Crippen molar-refractivity contribution in [3.63, 3.8) is 0 Å². The summed E-state index contributed by atoms with van der Waals surface area (Å²) in [5, 5.41) is 9.23. The van der Waals surface area contributed by atoms with Gasteiger partial charge in [-0.25, -0.2) is 0 Å². The Morgan fingerprint density at radius 2 is 2.00 bits per heavy atom. The Morgan fingerprint density at radius 3 is 2.64 bits per heavy atom. The van der Waals surface area contributed by atoms with Crippen LogP contribution in [0, 0.1) is 6.92 Å². The molecule has 3 aromatic rings. The summed E-state index contributed by atoms with van der Waals surface area (Å²) < 4.78 is 7.33. The number of hydrogen-bond donors (Lipinski definition) is 0. The second-order valence-corrected chi connectivity index (χ2v) is 5.80. The lowest BCUT2D eigenvalue weighted by molar-refractivity contribution is -0.114. The van der Waals surface area contributed by atoms with Gasteiger partial charge in [-0.05, 0) is 32.0 Å². The highest BCUT2D eigenvalue weighted by atomic mass is 32.2. The minimum atomic E-state index is 0.105. The van der Waals surface area contributed by atoms with Crippen molar-refractivity contribution < 1.29 is 9.21 Å². The molecule has 0 amide bonds. The van der Waals surface area contributed by atoms with Gasteiger partial charge in [0.25, 0.3) is 0 Å². The first-order chi connectivity index (χ1) is 10.7. The van der Waals surface area contributed by atoms with Gasteiger partial charge in [0.15, 0.2) is 11.0 Å². The Labute approximate surface area is 132 Å². The predicted octanol–water partition coefficient (Wildman–Crippen LogP) is 3.52. The molecule has 0 aliphatic rings. The summed E-state index contributed by atoms with van der Waals surface area (Å²) in [7, 11) is 0. The molecule has 0 fully saturated rings. The number of benzene rings is 1. The summed E-state index contributed by atoms with van der Waals surface area (Å²) in [5.41, 5.74) is 1.85. The molecule has 0 N–H and O–H groups in total. The molecule has 1 aromatic carbocycles. The van der Waals surface area contributed by atoms with Gasteiger partial charge in [0.1, 0.15) is 11.5 Å². The summed E-state index contributed by atoms with van der Waals surface area (Å²) in [6.45, 7) is 3.46. The maximum Gasteiger partial charge on any atom is 0.196 e. The molecule has 0 spiro atoms. The Bertz CT molecular complexity index is 793. The monoisotopic (exact) mass is 313 g/mol. The first-order valence-electron chi connectivity index (χ1n) is 6.84. The van der Waals surface area contributed by atoms with Crippen LogP contribution in [-0.4, -0.2) is 26.3 Å². The van der Waals surface area contributed by atoms with E-state index in [-0.39, 0.29) is 5.78 Å². The number of carbonyl (C=O) groups is 1. The molecule has 0 radical (unpaired) electrons. The number of aromatic nitrogens is 3. The topological polar surface area (TPSA) is 60.9 Å². The number of carbonyl (C=O) groups excluding carboxylic acids is 1. The Hall–Kier alpha value is -2.34. The molecule has 0 atom stereocenters. The standard InChI is InChI=1S/C16H15N3O2S/c1-11(20)10-22-16-18-17-15(14-8-9-21-12(14)2)19(16)13-6-4-3-5-7-13/h3-9H,10H2,1-2H3. The molecule has 112 valence electrons. The number of thioether (sulfide) groups is 1. The minimum absolute atomic E-state index is 0.105. The fourth-order valence-corrected chi connectivity index (χ4v) is 2.88. The summed E-state index contributed by atoms with van der Waals surface area (Å²) in [6.07, 6.45) is 1.64. The van der Waals surface area contributed by atoms with Crippen LogP contribution in [-0.2, 0) is 4.79 Å². The summed E-state index contributed by atoms with van der Waals surface area (Å²) in [4.78, 5) is 11.3. The second kappa shape index (κ2) is 6.19. The van der Waals surface area contributed by atoms with Crippen molar-refractivity contribution in [2.75, 3.05) is 5.75 Å². The molecule has 5 nitrogen and oxygen atoms in total. The van der Waals surface area contributed by atoms with Gasteiger partial charge in [0.05, 0.1) is 17.6 Å². The van der Waals surface area contributed by atoms with Crippen LogP contribution < -0.4 is 0 Å². The highest BCUT2D eigenvalue weighted by Gasteiger charge is 2.18. The van der Waals surface area contributed by atoms with E-state index in [4.69, 9.17) is 4.42 Å². The highest BCUT2D eigenvalue weighted by molar-refractivity contribution is 7.99. The van der Waals surface area contributed by atoms with Crippen molar-refractivity contribution in [2.24, 2.45) is 0 Å². The predicted molar refractivity (Wildman–Crippen MR) is 85.2 cm³/mol. The van der Waals surface area contributed by atoms with Gasteiger partial charge >= 0.3 is 0 Å². The lowest BCUT2D eigenvalue weighted by Gasteiger charge is -2.09. The van der Waals surface area contributed by atoms with E-state index in [1.54, 1.807) is 13.2 Å². The zero-order valence-corrected chi connectivity index (χ0v) is 13.1. The van der Waals surface area contributed by atoms with Crippen LogP contribution in [0.25, 0.3) is 17.1 Å². The molecule has 3 rings (SSSR count). The molecule has 0 saturated heterocycles. The van der Waals surface area contributed by atoms with Gasteiger partial charge < -0.3 is 4.42 Å². The number of hydrogen-bond acceptors (Lipinski definition) is 5. The van der Waals surface area contributed by atoms with Crippen molar-refractivity contribution in [3.05, 3.63) is 48.4 Å². The quantitative estimate of drug-likeness (QED) is 0.674. The Morgan fingerprint density at radius 1 is 1.23 bits per heavy atom. The van der Waals surface area contributed by atoms with Gasteiger partial charge in [-0.15, -0.1) is 10.2 Å². The van der Waals surface area contributed by atoms with Crippen LogP contribution in [0.15, 0.2) is 52.2 Å². The number of para-hydroxylation sites is 1. The van der Waals surface area contributed by atoms with Crippen LogP contribution in [0.1, 0.15) is 12.7 Å². The molecular formula is C16H15N3O2S. The Kier molecular flexibility index (Phi) is 4.11. The molecule has 2 heterocycles. The smallest absolute Gasteiger partial charge is 0.196 e. The van der Waals surface area contributed by atoms with E-state index >= 15 is 0 Å². The van der Waals surface area contributed by atoms with Crippen LogP contribution in [0.2, 0.25) is 0 Å². The largest absolute Gasteiger partial charge is 0.469 e. The third kappa shape index (κ3) is 2.82. The van der Waals surface area contributed by atoms with Crippen LogP contribution >= 0.6 is 11.8 Å². The highest BCUT2D eigenvalue weighted by Crippen LogP contribution is 2.30. The molecule has 0 aliphatic heterocycles. The van der Waals surface area contributed by atoms with Gasteiger partial charge in [-0.1, -0.05) is 30.0 Å². The normalized spacial score (nSPS) is 10.8. The van der Waals surface area contributed by atoms with Crippen molar-refractivity contribution in [3.8, 4) is 17.1 Å². The number of rotatable bonds is 5. The maximum absolute atomic E-state index is 11.3. The van der Waals surface area contributed by atoms with E-state index in [0.717, 1.165) is 17.0 Å². The van der Waals surface area contributed by atoms with Gasteiger partial charge in [-0.3, -0.25) is 9.36 Å². The average molecular weight is 313 g/mol. The molecule has 0 unspecified atom stereocenters. The van der Waals surface area contributed by atoms with E-state index in [1.165, 1.54) is 11.8 Å². The van der Waals surface area contributed by atoms with Crippen LogP contribution in [0.4, 0.5) is 0 Å². The van der Waals surface area contributed by atoms with Crippen molar-refractivity contribution >= 4 is 17.5 Å². The number of Topliss-reactive ketones (excluding diaryl/α,β-unsaturated/α-hetero) is 1. The van der Waals surface area contributed by atoms with E-state index in [0.29, 0.717) is 16.7 Å². The molecular weight excluding hydrogens is 298 g/mol. The molecule has 6 heteroatoms. The Balaban J connectivity index is 2.11. The first kappa shape index (κ1) is 14.6. The number of aryl methyl sites for hydroxylation is 1. The SMILES string of the molecule is CC(=O)CSc1nnc(-c2ccoc2C)n1-c1ccccc1. The fraction of sp³-hybridized carbons (Fsp3) is 0.188. The summed E-state index contributed by atoms with van der Waals surface area (Å²) in [5.74, 6) is 1.97. The molecule has 0 bridgehead atoms. The maximum atomic E-state index is 11.3. The van der Waals surface area contributed by atoms with E-state index in [2.05, 4.69) is 10.2 Å². The number of furan rings is 1. The summed E-state index contributed by atoms with van der Waals surface area (Å²) >= 11 is 1.38. The zero-order chi connectivity index (χ0) is 15.5. The third-order valence-corrected chi connectivity index (χ3v) is 4.23. The molecule has 0 saturated carbocycles. The minimum Gasteiger partial charge on any atom is -0.469 e. The van der Waals surface area contributed by atoms with E-state index in [1.807, 2.05) is 47.9 Å². The fourth-order valence-electron chi connectivity index (χ4n) is 2.13.